The van der Waals surface area contributed by atoms with E-state index in [9.17, 15) is 5.11 Å². The normalized spacial score (nSPS) is 20.6. The van der Waals surface area contributed by atoms with Crippen molar-refractivity contribution < 1.29 is 5.11 Å². The fourth-order valence-corrected chi connectivity index (χ4v) is 3.64. The van der Waals surface area contributed by atoms with E-state index in [0.29, 0.717) is 12.0 Å². The summed E-state index contributed by atoms with van der Waals surface area (Å²) in [7, 11) is 0. The predicted molar refractivity (Wildman–Crippen MR) is 105 cm³/mol. The van der Waals surface area contributed by atoms with Crippen LogP contribution >= 0.6 is 0 Å². The molecular weight excluding hydrogens is 324 g/mol. The summed E-state index contributed by atoms with van der Waals surface area (Å²) in [6.07, 6.45) is 5.29. The Labute approximate surface area is 153 Å². The predicted octanol–water partition coefficient (Wildman–Crippen LogP) is 4.46. The monoisotopic (exact) mass is 350 g/mol. The molecule has 2 heterocycles. The number of pyridine rings is 1. The van der Waals surface area contributed by atoms with Crippen molar-refractivity contribution in [2.24, 2.45) is 0 Å². The van der Waals surface area contributed by atoms with E-state index >= 15 is 0 Å². The molecule has 1 fully saturated rings. The fourth-order valence-electron chi connectivity index (χ4n) is 3.64. The van der Waals surface area contributed by atoms with Gasteiger partial charge in [0.15, 0.2) is 5.82 Å². The molecule has 0 unspecified atom stereocenters. The first kappa shape index (κ1) is 17.0. The van der Waals surface area contributed by atoms with E-state index in [1.807, 2.05) is 12.3 Å². The van der Waals surface area contributed by atoms with E-state index in [2.05, 4.69) is 53.4 Å². The molecule has 0 atom stereocenters. The molecule has 1 aliphatic rings. The molecule has 3 N–H and O–H groups in total. The third kappa shape index (κ3) is 3.44. The molecule has 5 nitrogen and oxygen atoms in total. The van der Waals surface area contributed by atoms with Crippen molar-refractivity contribution in [1.29, 1.82) is 0 Å². The van der Waals surface area contributed by atoms with Gasteiger partial charge in [-0.3, -0.25) is 0 Å². The number of imidazole rings is 1. The van der Waals surface area contributed by atoms with Crippen LogP contribution in [0.4, 0.5) is 5.82 Å². The van der Waals surface area contributed by atoms with Crippen molar-refractivity contribution in [3.8, 4) is 11.4 Å². The second kappa shape index (κ2) is 7.08. The minimum absolute atomic E-state index is 0.151. The summed E-state index contributed by atoms with van der Waals surface area (Å²) in [6.45, 7) is 4.40. The number of fused-ring (bicyclic) bond motifs is 1. The second-order valence-corrected chi connectivity index (χ2v) is 7.57. The molecular formula is C21H26N4O. The molecule has 1 aliphatic carbocycles. The van der Waals surface area contributed by atoms with Crippen LogP contribution in [0.25, 0.3) is 22.4 Å². The minimum atomic E-state index is -0.151. The van der Waals surface area contributed by atoms with Crippen molar-refractivity contribution in [3.63, 3.8) is 0 Å². The van der Waals surface area contributed by atoms with E-state index in [0.717, 1.165) is 53.9 Å². The average Bonchev–Trinajstić information content (AvgIpc) is 3.09. The average molecular weight is 350 g/mol. The van der Waals surface area contributed by atoms with Crippen LogP contribution in [0.2, 0.25) is 0 Å². The zero-order valence-corrected chi connectivity index (χ0v) is 15.4. The van der Waals surface area contributed by atoms with Crippen molar-refractivity contribution in [2.45, 2.75) is 57.6 Å². The molecule has 0 amide bonds. The molecule has 0 radical (unpaired) electrons. The number of rotatable bonds is 4. The number of nitrogens with zero attached hydrogens (tertiary/aromatic N) is 2. The lowest BCUT2D eigenvalue weighted by Crippen LogP contribution is -2.28. The summed E-state index contributed by atoms with van der Waals surface area (Å²) in [5, 5.41) is 13.2. The Bertz CT molecular complexity index is 894. The number of hydrogen-bond donors (Lipinski definition) is 3. The molecule has 26 heavy (non-hydrogen) atoms. The van der Waals surface area contributed by atoms with Gasteiger partial charge >= 0.3 is 0 Å². The quantitative estimate of drug-likeness (QED) is 0.649. The Kier molecular flexibility index (Phi) is 4.64. The van der Waals surface area contributed by atoms with Crippen molar-refractivity contribution in [3.05, 3.63) is 42.1 Å². The van der Waals surface area contributed by atoms with Crippen molar-refractivity contribution in [1.82, 2.24) is 15.0 Å². The number of aliphatic hydroxyl groups excluding tert-OH is 1. The Balaban J connectivity index is 1.64. The van der Waals surface area contributed by atoms with Gasteiger partial charge in [0, 0.05) is 17.8 Å². The largest absolute Gasteiger partial charge is 0.393 e. The second-order valence-electron chi connectivity index (χ2n) is 7.57. The summed E-state index contributed by atoms with van der Waals surface area (Å²) >= 11 is 0. The van der Waals surface area contributed by atoms with Crippen LogP contribution in [0, 0.1) is 0 Å². The first-order valence-electron chi connectivity index (χ1n) is 9.50. The van der Waals surface area contributed by atoms with Crippen molar-refractivity contribution >= 4 is 16.9 Å². The molecule has 2 aromatic heterocycles. The Morgan fingerprint density at radius 3 is 2.73 bits per heavy atom. The SMILES string of the molecule is CC(C)c1cccc(-c2nc3c(NC4CCC(O)CC4)nccc3[nH]2)c1. The van der Waals surface area contributed by atoms with Crippen LogP contribution in [0.3, 0.4) is 0 Å². The number of anilines is 1. The molecule has 1 aromatic carbocycles. The molecule has 0 bridgehead atoms. The van der Waals surface area contributed by atoms with Crippen LogP contribution in [-0.2, 0) is 0 Å². The van der Waals surface area contributed by atoms with E-state index < -0.39 is 0 Å². The van der Waals surface area contributed by atoms with Gasteiger partial charge < -0.3 is 15.4 Å². The topological polar surface area (TPSA) is 73.8 Å². The molecule has 3 aromatic rings. The molecule has 4 rings (SSSR count). The summed E-state index contributed by atoms with van der Waals surface area (Å²) in [4.78, 5) is 12.8. The van der Waals surface area contributed by atoms with Crippen LogP contribution in [0.15, 0.2) is 36.5 Å². The number of aliphatic hydroxyl groups is 1. The highest BCUT2D eigenvalue weighted by Gasteiger charge is 2.21. The molecule has 136 valence electrons. The lowest BCUT2D eigenvalue weighted by Gasteiger charge is -2.26. The number of aromatic nitrogens is 3. The Hall–Kier alpha value is -2.40. The third-order valence-corrected chi connectivity index (χ3v) is 5.27. The minimum Gasteiger partial charge on any atom is -0.393 e. The standard InChI is InChI=1S/C21H26N4O/c1-13(2)14-4-3-5-15(12-14)20-24-18-10-11-22-21(19(18)25-20)23-16-6-8-17(26)9-7-16/h3-5,10-13,16-17,26H,6-9H2,1-2H3,(H,22,23)(H,24,25). The zero-order chi connectivity index (χ0) is 18.1. The highest BCUT2D eigenvalue weighted by molar-refractivity contribution is 5.88. The Morgan fingerprint density at radius 1 is 1.15 bits per heavy atom. The lowest BCUT2D eigenvalue weighted by molar-refractivity contribution is 0.126. The van der Waals surface area contributed by atoms with Crippen LogP contribution < -0.4 is 5.32 Å². The highest BCUT2D eigenvalue weighted by Crippen LogP contribution is 2.28. The van der Waals surface area contributed by atoms with E-state index in [4.69, 9.17) is 4.98 Å². The molecule has 1 saturated carbocycles. The molecule has 5 heteroatoms. The van der Waals surface area contributed by atoms with Gasteiger partial charge in [0.25, 0.3) is 0 Å². The zero-order valence-electron chi connectivity index (χ0n) is 15.4. The van der Waals surface area contributed by atoms with Gasteiger partial charge in [0.1, 0.15) is 11.3 Å². The maximum absolute atomic E-state index is 9.69. The van der Waals surface area contributed by atoms with Gasteiger partial charge in [0.05, 0.1) is 11.6 Å². The maximum Gasteiger partial charge on any atom is 0.154 e. The van der Waals surface area contributed by atoms with Gasteiger partial charge in [-0.25, -0.2) is 9.97 Å². The highest BCUT2D eigenvalue weighted by atomic mass is 16.3. The summed E-state index contributed by atoms with van der Waals surface area (Å²) in [5.74, 6) is 2.18. The lowest BCUT2D eigenvalue weighted by atomic mass is 9.93. The van der Waals surface area contributed by atoms with Gasteiger partial charge in [-0.05, 0) is 49.3 Å². The Morgan fingerprint density at radius 2 is 1.96 bits per heavy atom. The van der Waals surface area contributed by atoms with Crippen molar-refractivity contribution in [2.75, 3.05) is 5.32 Å². The number of aromatic amines is 1. The summed E-state index contributed by atoms with van der Waals surface area (Å²) in [5.41, 5.74) is 4.27. The van der Waals surface area contributed by atoms with Gasteiger partial charge in [0.2, 0.25) is 0 Å². The van der Waals surface area contributed by atoms with Gasteiger partial charge in [-0.2, -0.15) is 0 Å². The maximum atomic E-state index is 9.69. The van der Waals surface area contributed by atoms with Crippen LogP contribution in [-0.4, -0.2) is 32.2 Å². The van der Waals surface area contributed by atoms with E-state index in [-0.39, 0.29) is 6.10 Å². The van der Waals surface area contributed by atoms with E-state index in [1.54, 1.807) is 0 Å². The van der Waals surface area contributed by atoms with Gasteiger partial charge in [-0.15, -0.1) is 0 Å². The molecule has 0 aliphatic heterocycles. The summed E-state index contributed by atoms with van der Waals surface area (Å²) < 4.78 is 0. The number of hydrogen-bond acceptors (Lipinski definition) is 4. The van der Waals surface area contributed by atoms with Crippen LogP contribution in [0.1, 0.15) is 51.0 Å². The summed E-state index contributed by atoms with van der Waals surface area (Å²) in [6, 6.07) is 10.8. The number of nitrogens with one attached hydrogen (secondary N) is 2. The van der Waals surface area contributed by atoms with E-state index in [1.165, 1.54) is 5.56 Å². The number of benzene rings is 1. The smallest absolute Gasteiger partial charge is 0.154 e. The fraction of sp³-hybridized carbons (Fsp3) is 0.429. The molecule has 0 spiro atoms. The van der Waals surface area contributed by atoms with Gasteiger partial charge in [-0.1, -0.05) is 32.0 Å². The first-order valence-corrected chi connectivity index (χ1v) is 9.50. The van der Waals surface area contributed by atoms with Crippen LogP contribution in [0.5, 0.6) is 0 Å². The third-order valence-electron chi connectivity index (χ3n) is 5.27. The number of H-pyrrole nitrogens is 1. The first-order chi connectivity index (χ1) is 12.6. The molecule has 0 saturated heterocycles.